The van der Waals surface area contributed by atoms with E-state index >= 15 is 0 Å². The Balaban J connectivity index is 1.27. The fourth-order valence-corrected chi connectivity index (χ4v) is 5.93. The normalized spacial score (nSPS) is 19.6. The number of β-amino-alcohol motifs (C(OH)–C–C–N with tert-alkyl or cyclic N) is 1. The Kier molecular flexibility index (Phi) is 9.08. The maximum atomic E-state index is 14.2. The Bertz CT molecular complexity index is 1150. The third-order valence-electron chi connectivity index (χ3n) is 8.02. The number of aromatic nitrogens is 1. The van der Waals surface area contributed by atoms with Crippen molar-refractivity contribution in [1.82, 2.24) is 14.8 Å². The van der Waals surface area contributed by atoms with Crippen LogP contribution in [0.1, 0.15) is 48.0 Å². The first-order chi connectivity index (χ1) is 18.4. The summed E-state index contributed by atoms with van der Waals surface area (Å²) in [6.45, 7) is 1.80. The number of aliphatic hydroxyl groups is 1. The second-order valence-corrected chi connectivity index (χ2v) is 11.3. The van der Waals surface area contributed by atoms with E-state index in [1.165, 1.54) is 17.0 Å². The number of pyridine rings is 1. The lowest BCUT2D eigenvalue weighted by Gasteiger charge is -2.40. The number of halogens is 5. The summed E-state index contributed by atoms with van der Waals surface area (Å²) in [5.74, 6) is 0.393. The Hall–Kier alpha value is -2.43. The van der Waals surface area contributed by atoms with Crippen LogP contribution in [0.2, 0.25) is 5.15 Å². The van der Waals surface area contributed by atoms with Gasteiger partial charge in [0.25, 0.3) is 5.91 Å². The Morgan fingerprint density at radius 1 is 1.03 bits per heavy atom. The topological polar surface area (TPSA) is 59.9 Å². The molecule has 1 N–H and O–H groups in total. The molecule has 0 bridgehead atoms. The van der Waals surface area contributed by atoms with E-state index in [9.17, 15) is 27.5 Å². The van der Waals surface area contributed by atoms with Crippen molar-refractivity contribution in [2.75, 3.05) is 51.7 Å². The smallest absolute Gasteiger partial charge is 0.375 e. The van der Waals surface area contributed by atoms with E-state index in [1.807, 2.05) is 6.07 Å². The number of likely N-dealkylation sites (tertiary alicyclic amines) is 1. The van der Waals surface area contributed by atoms with E-state index in [-0.39, 0.29) is 11.1 Å². The quantitative estimate of drug-likeness (QED) is 0.359. The zero-order valence-electron chi connectivity index (χ0n) is 22.2. The number of anilines is 1. The minimum Gasteiger partial charge on any atom is -0.375 e. The van der Waals surface area contributed by atoms with E-state index < -0.39 is 29.7 Å². The van der Waals surface area contributed by atoms with E-state index in [2.05, 4.69) is 9.88 Å². The molecule has 1 aromatic carbocycles. The first-order valence-corrected chi connectivity index (χ1v) is 13.7. The number of hydrogen-bond donors (Lipinski definition) is 1. The first kappa shape index (κ1) is 29.6. The van der Waals surface area contributed by atoms with Gasteiger partial charge in [0.15, 0.2) is 0 Å². The Morgan fingerprint density at radius 3 is 2.15 bits per heavy atom. The van der Waals surface area contributed by atoms with Gasteiger partial charge >= 0.3 is 6.18 Å². The number of benzene rings is 1. The summed E-state index contributed by atoms with van der Waals surface area (Å²) in [5, 5.41) is 10.8. The summed E-state index contributed by atoms with van der Waals surface area (Å²) in [6, 6.07) is 8.08. The van der Waals surface area contributed by atoms with Crippen LogP contribution in [-0.4, -0.2) is 78.8 Å². The first-order valence-electron chi connectivity index (χ1n) is 13.3. The highest BCUT2D eigenvalue weighted by Crippen LogP contribution is 2.41. The van der Waals surface area contributed by atoms with Crippen molar-refractivity contribution in [1.29, 1.82) is 0 Å². The molecule has 2 aromatic rings. The van der Waals surface area contributed by atoms with E-state index in [1.54, 1.807) is 25.1 Å². The molecule has 1 unspecified atom stereocenters. The number of alkyl halides is 3. The average Bonchev–Trinajstić information content (AvgIpc) is 2.89. The molecule has 1 amide bonds. The highest BCUT2D eigenvalue weighted by Gasteiger charge is 2.57. The summed E-state index contributed by atoms with van der Waals surface area (Å²) in [7, 11) is 3.32. The summed E-state index contributed by atoms with van der Waals surface area (Å²) in [6.07, 6.45) is -0.573. The van der Waals surface area contributed by atoms with Crippen molar-refractivity contribution in [3.63, 3.8) is 0 Å². The van der Waals surface area contributed by atoms with Crippen molar-refractivity contribution < 1.29 is 27.5 Å². The highest BCUT2D eigenvalue weighted by atomic mass is 35.5. The van der Waals surface area contributed by atoms with Gasteiger partial charge < -0.3 is 14.9 Å². The van der Waals surface area contributed by atoms with Crippen molar-refractivity contribution in [2.24, 2.45) is 11.8 Å². The molecule has 11 heteroatoms. The maximum absolute atomic E-state index is 14.2. The molecule has 39 heavy (non-hydrogen) atoms. The molecule has 2 saturated heterocycles. The zero-order chi connectivity index (χ0) is 28.4. The third kappa shape index (κ3) is 6.66. The molecule has 2 aliphatic rings. The van der Waals surface area contributed by atoms with E-state index in [0.717, 1.165) is 63.1 Å². The molecule has 1 aromatic heterocycles. The van der Waals surface area contributed by atoms with Gasteiger partial charge in [0.05, 0.1) is 5.56 Å². The fourth-order valence-electron chi connectivity index (χ4n) is 5.70. The van der Waals surface area contributed by atoms with Crippen LogP contribution in [0.5, 0.6) is 0 Å². The standard InChI is InChI=1S/C28H35ClF4N4O2/c1-35(2)26(38)21-7-8-24(34-25(21)29)37-15-11-20(12-16-37)17-19-9-13-36(14-10-19)18-27(39,28(31,32)33)22-5-3-4-6-23(22)30/h3-8,19-20,39H,9-18H2,1-2H3. The molecular formula is C28H35ClF4N4O2. The van der Waals surface area contributed by atoms with Crippen molar-refractivity contribution in [3.8, 4) is 0 Å². The Morgan fingerprint density at radius 2 is 1.62 bits per heavy atom. The second kappa shape index (κ2) is 12.0. The van der Waals surface area contributed by atoms with Gasteiger partial charge in [-0.05, 0) is 75.2 Å². The van der Waals surface area contributed by atoms with Crippen LogP contribution in [0.4, 0.5) is 23.4 Å². The molecule has 6 nitrogen and oxygen atoms in total. The lowest BCUT2D eigenvalue weighted by molar-refractivity contribution is -0.273. The number of nitrogens with zero attached hydrogens (tertiary/aromatic N) is 4. The van der Waals surface area contributed by atoms with Gasteiger partial charge in [-0.2, -0.15) is 13.2 Å². The highest BCUT2D eigenvalue weighted by molar-refractivity contribution is 6.32. The van der Waals surface area contributed by atoms with Crippen LogP contribution >= 0.6 is 11.6 Å². The van der Waals surface area contributed by atoms with Gasteiger partial charge in [-0.15, -0.1) is 0 Å². The largest absolute Gasteiger partial charge is 0.422 e. The van der Waals surface area contributed by atoms with Gasteiger partial charge in [0.2, 0.25) is 5.60 Å². The SMILES string of the molecule is CN(C)C(=O)c1ccc(N2CCC(CC3CCN(CC(O)(c4ccccc4F)C(F)(F)F)CC3)CC2)nc1Cl. The molecule has 2 aliphatic heterocycles. The van der Waals surface area contributed by atoms with Gasteiger partial charge in [-0.1, -0.05) is 29.8 Å². The summed E-state index contributed by atoms with van der Waals surface area (Å²) < 4.78 is 55.9. The molecular weight excluding hydrogens is 536 g/mol. The molecule has 2 fully saturated rings. The molecule has 3 heterocycles. The van der Waals surface area contributed by atoms with E-state index in [0.29, 0.717) is 30.5 Å². The third-order valence-corrected chi connectivity index (χ3v) is 8.31. The predicted molar refractivity (Wildman–Crippen MR) is 142 cm³/mol. The summed E-state index contributed by atoms with van der Waals surface area (Å²) >= 11 is 6.28. The van der Waals surface area contributed by atoms with Crippen molar-refractivity contribution in [2.45, 2.75) is 43.9 Å². The number of carbonyl (C=O) groups is 1. The van der Waals surface area contributed by atoms with Crippen LogP contribution in [-0.2, 0) is 5.60 Å². The molecule has 4 rings (SSSR count). The van der Waals surface area contributed by atoms with Crippen LogP contribution in [0, 0.1) is 17.7 Å². The van der Waals surface area contributed by atoms with Crippen molar-refractivity contribution >= 4 is 23.3 Å². The van der Waals surface area contributed by atoms with Crippen molar-refractivity contribution in [3.05, 3.63) is 58.5 Å². The van der Waals surface area contributed by atoms with Crippen LogP contribution in [0.15, 0.2) is 36.4 Å². The number of amides is 1. The number of piperidine rings is 2. The summed E-state index contributed by atoms with van der Waals surface area (Å²) in [4.78, 5) is 21.9. The average molecular weight is 571 g/mol. The predicted octanol–water partition coefficient (Wildman–Crippen LogP) is 5.34. The number of hydrogen-bond acceptors (Lipinski definition) is 5. The zero-order valence-corrected chi connectivity index (χ0v) is 23.0. The lowest BCUT2D eigenvalue weighted by Crippen LogP contribution is -2.53. The molecule has 0 saturated carbocycles. The molecule has 1 atom stereocenters. The number of carbonyl (C=O) groups excluding carboxylic acids is 1. The van der Waals surface area contributed by atoms with E-state index in [4.69, 9.17) is 11.6 Å². The monoisotopic (exact) mass is 570 g/mol. The number of rotatable bonds is 7. The minimum atomic E-state index is -5.00. The molecule has 0 spiro atoms. The van der Waals surface area contributed by atoms with Crippen LogP contribution < -0.4 is 4.90 Å². The minimum absolute atomic E-state index is 0.188. The lowest BCUT2D eigenvalue weighted by atomic mass is 9.82. The van der Waals surface area contributed by atoms with Gasteiger partial charge in [-0.25, -0.2) is 9.37 Å². The molecule has 214 valence electrons. The second-order valence-electron chi connectivity index (χ2n) is 10.9. The van der Waals surface area contributed by atoms with Crippen LogP contribution in [0.3, 0.4) is 0 Å². The summed E-state index contributed by atoms with van der Waals surface area (Å²) in [5.41, 5.74) is -3.62. The Labute approximate surface area is 231 Å². The van der Waals surface area contributed by atoms with Gasteiger partial charge in [0, 0.05) is 39.3 Å². The van der Waals surface area contributed by atoms with Gasteiger partial charge in [-0.3, -0.25) is 9.69 Å². The molecule has 0 aliphatic carbocycles. The maximum Gasteiger partial charge on any atom is 0.422 e. The van der Waals surface area contributed by atoms with Gasteiger partial charge in [0.1, 0.15) is 16.8 Å². The molecule has 0 radical (unpaired) electrons. The van der Waals surface area contributed by atoms with Crippen LogP contribution in [0.25, 0.3) is 0 Å². The fraction of sp³-hybridized carbons (Fsp3) is 0.571.